The maximum Gasteiger partial charge on any atom is 0.134 e. The number of rotatable bonds is 4. The first-order chi connectivity index (χ1) is 11.3. The number of hydrogen-bond acceptors (Lipinski definition) is 6. The van der Waals surface area contributed by atoms with Gasteiger partial charge >= 0.3 is 0 Å². The first-order valence-electron chi connectivity index (χ1n) is 7.95. The van der Waals surface area contributed by atoms with E-state index in [4.69, 9.17) is 9.47 Å². The van der Waals surface area contributed by atoms with Gasteiger partial charge in [0.1, 0.15) is 36.1 Å². The zero-order valence-corrected chi connectivity index (χ0v) is 13.2. The zero-order valence-electron chi connectivity index (χ0n) is 13.2. The van der Waals surface area contributed by atoms with Crippen LogP contribution in [0.2, 0.25) is 0 Å². The summed E-state index contributed by atoms with van der Waals surface area (Å²) in [7, 11) is 1.67. The first kappa shape index (κ1) is 14.1. The number of benzene rings is 1. The van der Waals surface area contributed by atoms with Crippen molar-refractivity contribution in [2.24, 2.45) is 0 Å². The molecule has 1 aromatic heterocycles. The Morgan fingerprint density at radius 2 is 2.17 bits per heavy atom. The topological polar surface area (TPSA) is 59.5 Å². The van der Waals surface area contributed by atoms with E-state index in [2.05, 4.69) is 26.3 Å². The molecule has 2 aromatic rings. The van der Waals surface area contributed by atoms with Crippen molar-refractivity contribution in [3.63, 3.8) is 0 Å². The molecule has 1 aliphatic heterocycles. The summed E-state index contributed by atoms with van der Waals surface area (Å²) >= 11 is 0. The quantitative estimate of drug-likeness (QED) is 0.936. The van der Waals surface area contributed by atoms with Crippen molar-refractivity contribution in [2.45, 2.75) is 25.4 Å². The van der Waals surface area contributed by atoms with Gasteiger partial charge in [-0.15, -0.1) is 0 Å². The van der Waals surface area contributed by atoms with Crippen molar-refractivity contribution in [1.82, 2.24) is 9.97 Å². The Balaban J connectivity index is 1.56. The van der Waals surface area contributed by atoms with Crippen LogP contribution in [-0.4, -0.2) is 36.3 Å². The summed E-state index contributed by atoms with van der Waals surface area (Å²) in [6.45, 7) is 2.17. The molecule has 0 saturated heterocycles. The molecule has 0 amide bonds. The predicted octanol–water partition coefficient (Wildman–Crippen LogP) is 2.46. The van der Waals surface area contributed by atoms with Gasteiger partial charge in [0.05, 0.1) is 13.7 Å². The van der Waals surface area contributed by atoms with E-state index in [9.17, 15) is 0 Å². The second kappa shape index (κ2) is 5.95. The number of anilines is 2. The van der Waals surface area contributed by atoms with Gasteiger partial charge in [0.25, 0.3) is 0 Å². The summed E-state index contributed by atoms with van der Waals surface area (Å²) < 4.78 is 11.1. The molecule has 0 unspecified atom stereocenters. The van der Waals surface area contributed by atoms with Gasteiger partial charge in [0, 0.05) is 30.3 Å². The number of hydrogen-bond donors (Lipinski definition) is 1. The normalized spacial score (nSPS) is 17.0. The minimum Gasteiger partial charge on any atom is -0.497 e. The average molecular weight is 312 g/mol. The molecule has 0 atom stereocenters. The van der Waals surface area contributed by atoms with Crippen LogP contribution in [0, 0.1) is 0 Å². The van der Waals surface area contributed by atoms with E-state index in [0.717, 1.165) is 41.8 Å². The third-order valence-electron chi connectivity index (χ3n) is 4.16. The van der Waals surface area contributed by atoms with Gasteiger partial charge in [0.15, 0.2) is 0 Å². The molecule has 23 heavy (non-hydrogen) atoms. The summed E-state index contributed by atoms with van der Waals surface area (Å²) in [5.41, 5.74) is 1.14. The van der Waals surface area contributed by atoms with Crippen molar-refractivity contribution in [2.75, 3.05) is 30.5 Å². The number of nitrogens with one attached hydrogen (secondary N) is 1. The SMILES string of the molecule is COc1ccc2c(c1)OCCN(c1cc(NC3CC3)ncn1)C2. The van der Waals surface area contributed by atoms with E-state index in [1.165, 1.54) is 12.8 Å². The minimum absolute atomic E-state index is 0.582. The van der Waals surface area contributed by atoms with Crippen LogP contribution in [0.1, 0.15) is 18.4 Å². The van der Waals surface area contributed by atoms with Crippen LogP contribution >= 0.6 is 0 Å². The van der Waals surface area contributed by atoms with Crippen LogP contribution in [0.5, 0.6) is 11.5 Å². The Bertz CT molecular complexity index is 703. The smallest absolute Gasteiger partial charge is 0.134 e. The summed E-state index contributed by atoms with van der Waals surface area (Å²) in [5, 5.41) is 3.42. The first-order valence-corrected chi connectivity index (χ1v) is 7.95. The van der Waals surface area contributed by atoms with Crippen molar-refractivity contribution in [3.8, 4) is 11.5 Å². The predicted molar refractivity (Wildman–Crippen MR) is 88.2 cm³/mol. The maximum atomic E-state index is 5.87. The lowest BCUT2D eigenvalue weighted by molar-refractivity contribution is 0.328. The van der Waals surface area contributed by atoms with Crippen LogP contribution in [-0.2, 0) is 6.54 Å². The second-order valence-corrected chi connectivity index (χ2v) is 5.92. The van der Waals surface area contributed by atoms with E-state index >= 15 is 0 Å². The highest BCUT2D eigenvalue weighted by atomic mass is 16.5. The third kappa shape index (κ3) is 3.16. The zero-order chi connectivity index (χ0) is 15.6. The highest BCUT2D eigenvalue weighted by molar-refractivity contribution is 5.51. The molecule has 1 aromatic carbocycles. The van der Waals surface area contributed by atoms with Gasteiger partial charge in [0.2, 0.25) is 0 Å². The van der Waals surface area contributed by atoms with Gasteiger partial charge in [-0.1, -0.05) is 0 Å². The second-order valence-electron chi connectivity index (χ2n) is 5.92. The molecular formula is C17H20N4O2. The molecule has 120 valence electrons. The van der Waals surface area contributed by atoms with Crippen LogP contribution in [0.15, 0.2) is 30.6 Å². The number of nitrogens with zero attached hydrogens (tertiary/aromatic N) is 3. The van der Waals surface area contributed by atoms with Crippen LogP contribution in [0.3, 0.4) is 0 Å². The largest absolute Gasteiger partial charge is 0.497 e. The molecule has 0 spiro atoms. The lowest BCUT2D eigenvalue weighted by Crippen LogP contribution is -2.26. The maximum absolute atomic E-state index is 5.87. The highest BCUT2D eigenvalue weighted by Crippen LogP contribution is 2.30. The standard InChI is InChI=1S/C17H20N4O2/c1-22-14-5-2-12-10-21(6-7-23-15(12)8-14)17-9-16(18-11-19-17)20-13-3-4-13/h2,5,8-9,11,13H,3-4,6-7,10H2,1H3,(H,18,19,20). The molecule has 1 saturated carbocycles. The van der Waals surface area contributed by atoms with Gasteiger partial charge in [-0.05, 0) is 25.0 Å². The molecule has 1 fully saturated rings. The number of ether oxygens (including phenoxy) is 2. The molecule has 1 aliphatic carbocycles. The van der Waals surface area contributed by atoms with Crippen molar-refractivity contribution in [3.05, 3.63) is 36.2 Å². The van der Waals surface area contributed by atoms with Crippen LogP contribution in [0.4, 0.5) is 11.6 Å². The Kier molecular flexibility index (Phi) is 3.65. The van der Waals surface area contributed by atoms with E-state index in [0.29, 0.717) is 12.6 Å². The third-order valence-corrected chi connectivity index (χ3v) is 4.16. The Hall–Kier alpha value is -2.50. The molecule has 0 bridgehead atoms. The molecule has 1 N–H and O–H groups in total. The Morgan fingerprint density at radius 3 is 3.00 bits per heavy atom. The Morgan fingerprint density at radius 1 is 1.26 bits per heavy atom. The van der Waals surface area contributed by atoms with Crippen molar-refractivity contribution in [1.29, 1.82) is 0 Å². The highest BCUT2D eigenvalue weighted by Gasteiger charge is 2.22. The van der Waals surface area contributed by atoms with Gasteiger partial charge in [-0.2, -0.15) is 0 Å². The van der Waals surface area contributed by atoms with E-state index < -0.39 is 0 Å². The molecule has 2 heterocycles. The van der Waals surface area contributed by atoms with Gasteiger partial charge in [-0.25, -0.2) is 9.97 Å². The summed E-state index contributed by atoms with van der Waals surface area (Å²) in [6, 6.07) is 8.56. The lowest BCUT2D eigenvalue weighted by atomic mass is 10.2. The van der Waals surface area contributed by atoms with Gasteiger partial charge < -0.3 is 19.7 Å². The number of methoxy groups -OCH3 is 1. The number of fused-ring (bicyclic) bond motifs is 1. The Labute approximate surface area is 135 Å². The van der Waals surface area contributed by atoms with Gasteiger partial charge in [-0.3, -0.25) is 0 Å². The molecule has 2 aliphatic rings. The fraction of sp³-hybridized carbons (Fsp3) is 0.412. The van der Waals surface area contributed by atoms with Crippen LogP contribution < -0.4 is 19.7 Å². The minimum atomic E-state index is 0.582. The van der Waals surface area contributed by atoms with E-state index in [1.807, 2.05) is 18.2 Å². The fourth-order valence-electron chi connectivity index (χ4n) is 2.71. The summed E-state index contributed by atoms with van der Waals surface area (Å²) in [6.07, 6.45) is 4.08. The molecule has 0 radical (unpaired) electrons. The fourth-order valence-corrected chi connectivity index (χ4v) is 2.71. The summed E-state index contributed by atoms with van der Waals surface area (Å²) in [4.78, 5) is 11.0. The molecule has 4 rings (SSSR count). The van der Waals surface area contributed by atoms with Crippen molar-refractivity contribution >= 4 is 11.6 Å². The summed E-state index contributed by atoms with van der Waals surface area (Å²) in [5.74, 6) is 3.53. The lowest BCUT2D eigenvalue weighted by Gasteiger charge is -2.21. The van der Waals surface area contributed by atoms with E-state index in [1.54, 1.807) is 13.4 Å². The van der Waals surface area contributed by atoms with Crippen molar-refractivity contribution < 1.29 is 9.47 Å². The molecule has 6 heteroatoms. The number of aromatic nitrogens is 2. The average Bonchev–Trinajstić information content (AvgIpc) is 3.40. The van der Waals surface area contributed by atoms with Crippen LogP contribution in [0.25, 0.3) is 0 Å². The van der Waals surface area contributed by atoms with E-state index in [-0.39, 0.29) is 0 Å². The monoisotopic (exact) mass is 312 g/mol. The molecular weight excluding hydrogens is 292 g/mol. The molecule has 6 nitrogen and oxygen atoms in total.